The molecule has 0 N–H and O–H groups in total. The van der Waals surface area contributed by atoms with Crippen molar-refractivity contribution < 1.29 is 0 Å². The van der Waals surface area contributed by atoms with Crippen molar-refractivity contribution in [1.82, 2.24) is 0 Å². The van der Waals surface area contributed by atoms with E-state index in [0.29, 0.717) is 5.92 Å². The average Bonchev–Trinajstić information content (AvgIpc) is 2.61. The van der Waals surface area contributed by atoms with Crippen molar-refractivity contribution in [2.75, 3.05) is 0 Å². The van der Waals surface area contributed by atoms with E-state index in [4.69, 9.17) is 0 Å². The van der Waals surface area contributed by atoms with Crippen molar-refractivity contribution in [3.63, 3.8) is 0 Å². The van der Waals surface area contributed by atoms with Crippen molar-refractivity contribution in [1.29, 1.82) is 0 Å². The summed E-state index contributed by atoms with van der Waals surface area (Å²) in [6.07, 6.45) is 2.27. The maximum absolute atomic E-state index is 2.27. The van der Waals surface area contributed by atoms with Crippen LogP contribution in [0.4, 0.5) is 0 Å². The van der Waals surface area contributed by atoms with Crippen LogP contribution in [0.1, 0.15) is 42.0 Å². The molecule has 0 bridgehead atoms. The molecule has 0 saturated carbocycles. The van der Waals surface area contributed by atoms with Crippen LogP contribution in [0.15, 0.2) is 84.9 Å². The van der Waals surface area contributed by atoms with Crippen molar-refractivity contribution in [3.05, 3.63) is 107 Å². The molecular formula is C23H22. The minimum Gasteiger partial charge on any atom is -0.0622 e. The first-order valence-corrected chi connectivity index (χ1v) is 8.16. The molecule has 0 radical (unpaired) electrons. The third kappa shape index (κ3) is 3.78. The van der Waals surface area contributed by atoms with Gasteiger partial charge in [0.2, 0.25) is 0 Å². The zero-order valence-corrected chi connectivity index (χ0v) is 13.7. The topological polar surface area (TPSA) is 0 Å². The van der Waals surface area contributed by atoms with E-state index in [0.717, 1.165) is 0 Å². The Balaban J connectivity index is 2.05. The molecule has 3 aromatic rings. The summed E-state index contributed by atoms with van der Waals surface area (Å²) in [7, 11) is 0. The molecule has 0 aliphatic heterocycles. The quantitative estimate of drug-likeness (QED) is 0.489. The molecular weight excluding hydrogens is 276 g/mol. The number of rotatable bonds is 4. The normalized spacial score (nSPS) is 10.6. The van der Waals surface area contributed by atoms with Crippen LogP contribution in [-0.2, 0) is 0 Å². The average molecular weight is 298 g/mol. The SMILES string of the molecule is CC(C)c1ccc(C=C(c2ccccc2)c2ccccc2)cc1. The van der Waals surface area contributed by atoms with Crippen LogP contribution < -0.4 is 0 Å². The predicted molar refractivity (Wildman–Crippen MR) is 100 cm³/mol. The zero-order valence-electron chi connectivity index (χ0n) is 13.7. The van der Waals surface area contributed by atoms with E-state index in [-0.39, 0.29) is 0 Å². The molecule has 0 saturated heterocycles. The van der Waals surface area contributed by atoms with E-state index in [1.165, 1.54) is 27.8 Å². The fraction of sp³-hybridized carbons (Fsp3) is 0.130. The van der Waals surface area contributed by atoms with E-state index in [2.05, 4.69) is 105 Å². The molecule has 0 unspecified atom stereocenters. The molecule has 0 aliphatic rings. The lowest BCUT2D eigenvalue weighted by atomic mass is 9.95. The lowest BCUT2D eigenvalue weighted by Gasteiger charge is -2.10. The van der Waals surface area contributed by atoms with E-state index >= 15 is 0 Å². The van der Waals surface area contributed by atoms with Crippen LogP contribution in [0.2, 0.25) is 0 Å². The third-order valence-corrected chi connectivity index (χ3v) is 4.08. The first kappa shape index (κ1) is 15.3. The smallest absolute Gasteiger partial charge is 0.0105 e. The van der Waals surface area contributed by atoms with Gasteiger partial charge in [-0.05, 0) is 39.8 Å². The fourth-order valence-electron chi connectivity index (χ4n) is 2.71. The predicted octanol–water partition coefficient (Wildman–Crippen LogP) is 6.40. The van der Waals surface area contributed by atoms with Gasteiger partial charge in [0.1, 0.15) is 0 Å². The van der Waals surface area contributed by atoms with E-state index in [1.807, 2.05) is 0 Å². The lowest BCUT2D eigenvalue weighted by Crippen LogP contribution is -1.89. The Morgan fingerprint density at radius 3 is 1.57 bits per heavy atom. The largest absolute Gasteiger partial charge is 0.0622 e. The van der Waals surface area contributed by atoms with Crippen molar-refractivity contribution in [2.45, 2.75) is 19.8 Å². The zero-order chi connectivity index (χ0) is 16.1. The summed E-state index contributed by atoms with van der Waals surface area (Å²) in [5.41, 5.74) is 6.35. The van der Waals surface area contributed by atoms with Gasteiger partial charge in [0.25, 0.3) is 0 Å². The van der Waals surface area contributed by atoms with Crippen molar-refractivity contribution >= 4 is 11.6 Å². The van der Waals surface area contributed by atoms with E-state index in [9.17, 15) is 0 Å². The summed E-state index contributed by atoms with van der Waals surface area (Å²) < 4.78 is 0. The van der Waals surface area contributed by atoms with Gasteiger partial charge in [-0.2, -0.15) is 0 Å². The van der Waals surface area contributed by atoms with Gasteiger partial charge in [0, 0.05) is 0 Å². The third-order valence-electron chi connectivity index (χ3n) is 4.08. The Kier molecular flexibility index (Phi) is 4.73. The van der Waals surface area contributed by atoms with E-state index in [1.54, 1.807) is 0 Å². The molecule has 0 heterocycles. The molecule has 0 atom stereocenters. The molecule has 0 heteroatoms. The van der Waals surface area contributed by atoms with Crippen molar-refractivity contribution in [2.24, 2.45) is 0 Å². The minimum absolute atomic E-state index is 0.566. The van der Waals surface area contributed by atoms with Crippen molar-refractivity contribution in [3.8, 4) is 0 Å². The molecule has 3 rings (SSSR count). The Hall–Kier alpha value is -2.60. The van der Waals surface area contributed by atoms with Gasteiger partial charge in [-0.3, -0.25) is 0 Å². The Labute approximate surface area is 139 Å². The highest BCUT2D eigenvalue weighted by atomic mass is 14.1. The second-order valence-electron chi connectivity index (χ2n) is 6.11. The van der Waals surface area contributed by atoms with Gasteiger partial charge in [-0.1, -0.05) is 98.8 Å². The number of benzene rings is 3. The van der Waals surface area contributed by atoms with Gasteiger partial charge in [0.05, 0.1) is 0 Å². The van der Waals surface area contributed by atoms with Crippen LogP contribution in [0.5, 0.6) is 0 Å². The summed E-state index contributed by atoms with van der Waals surface area (Å²) in [4.78, 5) is 0. The van der Waals surface area contributed by atoms with Crippen LogP contribution in [0.3, 0.4) is 0 Å². The molecule has 0 amide bonds. The first-order chi connectivity index (χ1) is 11.2. The maximum Gasteiger partial charge on any atom is -0.0105 e. The number of hydrogen-bond donors (Lipinski definition) is 0. The van der Waals surface area contributed by atoms with Gasteiger partial charge in [-0.15, -0.1) is 0 Å². The molecule has 3 aromatic carbocycles. The van der Waals surface area contributed by atoms with Gasteiger partial charge < -0.3 is 0 Å². The van der Waals surface area contributed by atoms with Gasteiger partial charge in [0.15, 0.2) is 0 Å². The standard InChI is InChI=1S/C23H22/c1-18(2)20-15-13-19(14-16-20)17-23(21-9-5-3-6-10-21)22-11-7-4-8-12-22/h3-18H,1-2H3. The number of hydrogen-bond acceptors (Lipinski definition) is 0. The Morgan fingerprint density at radius 1 is 0.652 bits per heavy atom. The first-order valence-electron chi connectivity index (χ1n) is 8.16. The molecule has 0 nitrogen and oxygen atoms in total. The Morgan fingerprint density at radius 2 is 1.13 bits per heavy atom. The van der Waals surface area contributed by atoms with Crippen LogP contribution in [-0.4, -0.2) is 0 Å². The minimum atomic E-state index is 0.566. The monoisotopic (exact) mass is 298 g/mol. The fourth-order valence-corrected chi connectivity index (χ4v) is 2.71. The molecule has 23 heavy (non-hydrogen) atoms. The second kappa shape index (κ2) is 7.11. The van der Waals surface area contributed by atoms with Crippen LogP contribution in [0, 0.1) is 0 Å². The highest BCUT2D eigenvalue weighted by molar-refractivity contribution is 5.91. The molecule has 0 fully saturated rings. The van der Waals surface area contributed by atoms with Crippen LogP contribution >= 0.6 is 0 Å². The molecule has 0 aromatic heterocycles. The Bertz CT molecular complexity index is 722. The van der Waals surface area contributed by atoms with Gasteiger partial charge >= 0.3 is 0 Å². The molecule has 0 aliphatic carbocycles. The summed E-state index contributed by atoms with van der Waals surface area (Å²) in [5, 5.41) is 0. The highest BCUT2D eigenvalue weighted by Crippen LogP contribution is 2.26. The summed E-state index contributed by atoms with van der Waals surface area (Å²) in [6.45, 7) is 4.45. The second-order valence-corrected chi connectivity index (χ2v) is 6.11. The highest BCUT2D eigenvalue weighted by Gasteiger charge is 2.05. The molecule has 114 valence electrons. The lowest BCUT2D eigenvalue weighted by molar-refractivity contribution is 0.866. The summed E-state index contributed by atoms with van der Waals surface area (Å²) in [5.74, 6) is 0.566. The van der Waals surface area contributed by atoms with Gasteiger partial charge in [-0.25, -0.2) is 0 Å². The van der Waals surface area contributed by atoms with Crippen LogP contribution in [0.25, 0.3) is 11.6 Å². The maximum atomic E-state index is 2.27. The molecule has 0 spiro atoms. The summed E-state index contributed by atoms with van der Waals surface area (Å²) >= 11 is 0. The summed E-state index contributed by atoms with van der Waals surface area (Å²) in [6, 6.07) is 30.0. The van der Waals surface area contributed by atoms with E-state index < -0.39 is 0 Å².